The average Bonchev–Trinajstić information content (AvgIpc) is 2.73. The van der Waals surface area contributed by atoms with Crippen LogP contribution >= 0.6 is 0 Å². The lowest BCUT2D eigenvalue weighted by Crippen LogP contribution is -2.28. The fourth-order valence-corrected chi connectivity index (χ4v) is 2.98. The molecule has 3 rings (SSSR count). The van der Waals surface area contributed by atoms with Crippen molar-refractivity contribution in [2.75, 3.05) is 0 Å². The van der Waals surface area contributed by atoms with E-state index in [1.54, 1.807) is 6.20 Å². The lowest BCUT2D eigenvalue weighted by molar-refractivity contribution is -0.119. The summed E-state index contributed by atoms with van der Waals surface area (Å²) in [5.74, 6) is -0.305. The second kappa shape index (κ2) is 8.95. The number of hydrogen-bond acceptors (Lipinski definition) is 3. The van der Waals surface area contributed by atoms with Gasteiger partial charge in [0, 0.05) is 25.2 Å². The minimum atomic E-state index is -0.223. The maximum atomic E-state index is 12.9. The third kappa shape index (κ3) is 4.82. The number of hydrogen-bond donors (Lipinski definition) is 2. The molecule has 1 heterocycles. The van der Waals surface area contributed by atoms with Gasteiger partial charge in [-0.15, -0.1) is 0 Å². The number of amides is 2. The van der Waals surface area contributed by atoms with Gasteiger partial charge in [0.25, 0.3) is 5.91 Å². The molecule has 1 aromatic heterocycles. The smallest absolute Gasteiger partial charge is 0.270 e. The van der Waals surface area contributed by atoms with Crippen LogP contribution in [-0.2, 0) is 11.3 Å². The highest BCUT2D eigenvalue weighted by atomic mass is 16.2. The number of carbonyl (C=O) groups is 2. The molecule has 3 aromatic rings. The molecular weight excluding hydrogens is 350 g/mol. The Morgan fingerprint density at radius 2 is 1.79 bits per heavy atom. The highest BCUT2D eigenvalue weighted by Gasteiger charge is 2.17. The first-order chi connectivity index (χ1) is 13.5. The molecular formula is C23H23N3O2. The molecule has 0 spiro atoms. The summed E-state index contributed by atoms with van der Waals surface area (Å²) >= 11 is 0. The van der Waals surface area contributed by atoms with Gasteiger partial charge in [0.15, 0.2) is 0 Å². The molecule has 28 heavy (non-hydrogen) atoms. The second-order valence-corrected chi connectivity index (χ2v) is 6.62. The van der Waals surface area contributed by atoms with Gasteiger partial charge in [-0.1, -0.05) is 54.6 Å². The van der Waals surface area contributed by atoms with Crippen molar-refractivity contribution in [1.29, 1.82) is 0 Å². The Morgan fingerprint density at radius 1 is 1.00 bits per heavy atom. The fraction of sp³-hybridized carbons (Fsp3) is 0.174. The predicted molar refractivity (Wildman–Crippen MR) is 110 cm³/mol. The van der Waals surface area contributed by atoms with E-state index in [0.717, 1.165) is 22.3 Å². The van der Waals surface area contributed by atoms with Gasteiger partial charge in [-0.3, -0.25) is 14.6 Å². The maximum Gasteiger partial charge on any atom is 0.270 e. The average molecular weight is 373 g/mol. The topological polar surface area (TPSA) is 71.1 Å². The molecule has 0 aliphatic heterocycles. The van der Waals surface area contributed by atoms with Crippen molar-refractivity contribution in [3.05, 3.63) is 89.7 Å². The number of nitrogens with one attached hydrogen (secondary N) is 2. The van der Waals surface area contributed by atoms with Crippen LogP contribution in [0.4, 0.5) is 0 Å². The summed E-state index contributed by atoms with van der Waals surface area (Å²) in [6, 6.07) is 21.1. The van der Waals surface area contributed by atoms with Crippen LogP contribution in [0, 0.1) is 0 Å². The SMILES string of the molecule is CC(=O)NCc1cccc(-c2cccnc2C(=O)N[C@H](C)c2ccccc2)c1. The standard InChI is InChI=1S/C23H23N3O2/c1-16(19-9-4-3-5-10-19)26-23(28)22-21(12-7-13-24-22)20-11-6-8-18(14-20)15-25-17(2)27/h3-14,16H,15H2,1-2H3,(H,25,27)(H,26,28)/t16-/m1/s1. The molecule has 142 valence electrons. The molecule has 0 unspecified atom stereocenters. The quantitative estimate of drug-likeness (QED) is 0.689. The highest BCUT2D eigenvalue weighted by Crippen LogP contribution is 2.24. The van der Waals surface area contributed by atoms with Crippen LogP contribution in [0.3, 0.4) is 0 Å². The van der Waals surface area contributed by atoms with E-state index in [1.807, 2.05) is 73.7 Å². The zero-order chi connectivity index (χ0) is 19.9. The summed E-state index contributed by atoms with van der Waals surface area (Å²) in [7, 11) is 0. The molecule has 2 amide bonds. The van der Waals surface area contributed by atoms with E-state index >= 15 is 0 Å². The maximum absolute atomic E-state index is 12.9. The molecule has 2 aromatic carbocycles. The first-order valence-corrected chi connectivity index (χ1v) is 9.19. The largest absolute Gasteiger partial charge is 0.352 e. The lowest BCUT2D eigenvalue weighted by atomic mass is 10.0. The number of rotatable bonds is 6. The van der Waals surface area contributed by atoms with Gasteiger partial charge >= 0.3 is 0 Å². The van der Waals surface area contributed by atoms with Gasteiger partial charge in [0.2, 0.25) is 5.91 Å². The summed E-state index contributed by atoms with van der Waals surface area (Å²) in [5, 5.41) is 5.81. The second-order valence-electron chi connectivity index (χ2n) is 6.62. The van der Waals surface area contributed by atoms with Gasteiger partial charge in [-0.2, -0.15) is 0 Å². The van der Waals surface area contributed by atoms with Crippen molar-refractivity contribution in [2.45, 2.75) is 26.4 Å². The number of nitrogens with zero attached hydrogens (tertiary/aromatic N) is 1. The van der Waals surface area contributed by atoms with Crippen molar-refractivity contribution in [3.63, 3.8) is 0 Å². The Balaban J connectivity index is 1.84. The predicted octanol–water partition coefficient (Wildman–Crippen LogP) is 3.88. The fourth-order valence-electron chi connectivity index (χ4n) is 2.98. The molecule has 2 N–H and O–H groups in total. The van der Waals surface area contributed by atoms with Gasteiger partial charge in [-0.05, 0) is 35.7 Å². The molecule has 0 radical (unpaired) electrons. The van der Waals surface area contributed by atoms with E-state index in [1.165, 1.54) is 6.92 Å². The van der Waals surface area contributed by atoms with Crippen molar-refractivity contribution in [3.8, 4) is 11.1 Å². The van der Waals surface area contributed by atoms with Crippen LogP contribution in [0.2, 0.25) is 0 Å². The Bertz CT molecular complexity index is 970. The van der Waals surface area contributed by atoms with E-state index in [0.29, 0.717) is 12.2 Å². The van der Waals surface area contributed by atoms with E-state index in [2.05, 4.69) is 15.6 Å². The number of benzene rings is 2. The van der Waals surface area contributed by atoms with Crippen LogP contribution in [0.15, 0.2) is 72.9 Å². The van der Waals surface area contributed by atoms with Crippen molar-refractivity contribution >= 4 is 11.8 Å². The molecule has 0 fully saturated rings. The van der Waals surface area contributed by atoms with Crippen LogP contribution in [0.25, 0.3) is 11.1 Å². The van der Waals surface area contributed by atoms with Gasteiger partial charge in [-0.25, -0.2) is 0 Å². The normalized spacial score (nSPS) is 11.5. The third-order valence-electron chi connectivity index (χ3n) is 4.45. The Labute approximate surface area is 164 Å². The van der Waals surface area contributed by atoms with Gasteiger partial charge in [0.1, 0.15) is 5.69 Å². The zero-order valence-corrected chi connectivity index (χ0v) is 16.0. The van der Waals surface area contributed by atoms with Gasteiger partial charge < -0.3 is 10.6 Å². The van der Waals surface area contributed by atoms with Gasteiger partial charge in [0.05, 0.1) is 6.04 Å². The number of pyridine rings is 1. The zero-order valence-electron chi connectivity index (χ0n) is 16.0. The molecule has 0 saturated carbocycles. The lowest BCUT2D eigenvalue weighted by Gasteiger charge is -2.16. The Hall–Kier alpha value is -3.47. The molecule has 5 nitrogen and oxygen atoms in total. The van der Waals surface area contributed by atoms with Crippen molar-refractivity contribution in [2.24, 2.45) is 0 Å². The Kier molecular flexibility index (Phi) is 6.17. The van der Waals surface area contributed by atoms with E-state index in [9.17, 15) is 9.59 Å². The minimum Gasteiger partial charge on any atom is -0.352 e. The van der Waals surface area contributed by atoms with E-state index in [4.69, 9.17) is 0 Å². The molecule has 0 bridgehead atoms. The Morgan fingerprint density at radius 3 is 2.54 bits per heavy atom. The highest BCUT2D eigenvalue weighted by molar-refractivity contribution is 5.99. The minimum absolute atomic E-state index is 0.0817. The van der Waals surface area contributed by atoms with Crippen LogP contribution in [0.5, 0.6) is 0 Å². The summed E-state index contributed by atoms with van der Waals surface area (Å²) in [6.45, 7) is 3.88. The molecule has 0 aliphatic carbocycles. The van der Waals surface area contributed by atoms with Crippen molar-refractivity contribution < 1.29 is 9.59 Å². The molecule has 5 heteroatoms. The van der Waals surface area contributed by atoms with Crippen LogP contribution < -0.4 is 10.6 Å². The molecule has 1 atom stereocenters. The summed E-state index contributed by atoms with van der Waals surface area (Å²) in [6.07, 6.45) is 1.62. The summed E-state index contributed by atoms with van der Waals surface area (Å²) in [5.41, 5.74) is 4.01. The summed E-state index contributed by atoms with van der Waals surface area (Å²) in [4.78, 5) is 28.4. The summed E-state index contributed by atoms with van der Waals surface area (Å²) < 4.78 is 0. The first kappa shape index (κ1) is 19.3. The van der Waals surface area contributed by atoms with E-state index < -0.39 is 0 Å². The monoisotopic (exact) mass is 373 g/mol. The van der Waals surface area contributed by atoms with Crippen LogP contribution in [-0.4, -0.2) is 16.8 Å². The molecule has 0 saturated heterocycles. The molecule has 0 aliphatic rings. The number of aromatic nitrogens is 1. The third-order valence-corrected chi connectivity index (χ3v) is 4.45. The first-order valence-electron chi connectivity index (χ1n) is 9.19. The van der Waals surface area contributed by atoms with Crippen LogP contribution in [0.1, 0.15) is 41.5 Å². The van der Waals surface area contributed by atoms with Crippen molar-refractivity contribution in [1.82, 2.24) is 15.6 Å². The number of carbonyl (C=O) groups excluding carboxylic acids is 2. The van der Waals surface area contributed by atoms with E-state index in [-0.39, 0.29) is 17.9 Å².